The van der Waals surface area contributed by atoms with Gasteiger partial charge in [-0.1, -0.05) is 74.1 Å². The van der Waals surface area contributed by atoms with Crippen molar-refractivity contribution in [3.63, 3.8) is 0 Å². The lowest BCUT2D eigenvalue weighted by molar-refractivity contribution is -0.118. The molecule has 140 valence electrons. The van der Waals surface area contributed by atoms with Gasteiger partial charge < -0.3 is 5.32 Å². The Kier molecular flexibility index (Phi) is 6.65. The fraction of sp³-hybridized carbons (Fsp3) is 0.286. The number of nitrogens with one attached hydrogen (secondary N) is 1. The van der Waals surface area contributed by atoms with E-state index in [0.717, 1.165) is 16.7 Å². The average molecular weight is 381 g/mol. The molecule has 0 unspecified atom stereocenters. The van der Waals surface area contributed by atoms with E-state index in [-0.39, 0.29) is 5.91 Å². The molecule has 0 aliphatic carbocycles. The summed E-state index contributed by atoms with van der Waals surface area (Å²) >= 11 is 1.41. The summed E-state index contributed by atoms with van der Waals surface area (Å²) in [6.45, 7) is 4.84. The van der Waals surface area contributed by atoms with Gasteiger partial charge in [0.05, 0.1) is 5.75 Å². The van der Waals surface area contributed by atoms with Crippen molar-refractivity contribution < 1.29 is 4.79 Å². The van der Waals surface area contributed by atoms with E-state index in [4.69, 9.17) is 0 Å². The molecular weight excluding hydrogens is 356 g/mol. The number of hydrogen-bond acceptors (Lipinski definition) is 4. The van der Waals surface area contributed by atoms with Gasteiger partial charge in [0.15, 0.2) is 5.16 Å². The zero-order chi connectivity index (χ0) is 19.1. The van der Waals surface area contributed by atoms with Gasteiger partial charge in [-0.25, -0.2) is 0 Å². The van der Waals surface area contributed by atoms with E-state index in [9.17, 15) is 4.79 Å². The Morgan fingerprint density at radius 3 is 2.37 bits per heavy atom. The van der Waals surface area contributed by atoms with Crippen molar-refractivity contribution in [1.82, 2.24) is 20.1 Å². The number of nitrogens with zero attached hydrogens (tertiary/aromatic N) is 3. The second kappa shape index (κ2) is 9.37. The van der Waals surface area contributed by atoms with Crippen molar-refractivity contribution in [3.05, 3.63) is 72.1 Å². The van der Waals surface area contributed by atoms with Crippen LogP contribution in [-0.4, -0.2) is 33.0 Å². The molecule has 1 amide bonds. The Hall–Kier alpha value is -2.60. The van der Waals surface area contributed by atoms with E-state index in [1.807, 2.05) is 53.1 Å². The third-order valence-corrected chi connectivity index (χ3v) is 4.89. The highest BCUT2D eigenvalue weighted by Crippen LogP contribution is 2.23. The highest BCUT2D eigenvalue weighted by atomic mass is 32.2. The maximum absolute atomic E-state index is 12.1. The summed E-state index contributed by atoms with van der Waals surface area (Å²) in [6, 6.07) is 20.2. The van der Waals surface area contributed by atoms with Gasteiger partial charge in [-0.05, 0) is 23.6 Å². The predicted octanol–water partition coefficient (Wildman–Crippen LogP) is 3.72. The lowest BCUT2D eigenvalue weighted by atomic mass is 10.1. The maximum atomic E-state index is 12.1. The van der Waals surface area contributed by atoms with Crippen molar-refractivity contribution in [1.29, 1.82) is 0 Å². The Labute approximate surface area is 164 Å². The minimum Gasteiger partial charge on any atom is -0.355 e. The molecule has 2 aromatic carbocycles. The number of amides is 1. The predicted molar refractivity (Wildman–Crippen MR) is 109 cm³/mol. The maximum Gasteiger partial charge on any atom is 0.230 e. The number of carbonyl (C=O) groups excluding carboxylic acids is 1. The molecular formula is C21H24N4OS. The molecule has 0 bridgehead atoms. The number of carbonyl (C=O) groups is 1. The Morgan fingerprint density at radius 1 is 1.04 bits per heavy atom. The second-order valence-electron chi connectivity index (χ2n) is 6.72. The molecule has 0 spiro atoms. The topological polar surface area (TPSA) is 59.8 Å². The molecule has 0 fully saturated rings. The van der Waals surface area contributed by atoms with Gasteiger partial charge in [0.2, 0.25) is 5.91 Å². The number of hydrogen-bond donors (Lipinski definition) is 1. The first-order valence-electron chi connectivity index (χ1n) is 9.06. The van der Waals surface area contributed by atoms with Gasteiger partial charge >= 0.3 is 0 Å². The van der Waals surface area contributed by atoms with Crippen molar-refractivity contribution in [3.8, 4) is 5.69 Å². The Bertz CT molecular complexity index is 862. The summed E-state index contributed by atoms with van der Waals surface area (Å²) in [6.07, 6.45) is 0.683. The first kappa shape index (κ1) is 19.2. The number of para-hydroxylation sites is 1. The summed E-state index contributed by atoms with van der Waals surface area (Å²) in [5.74, 6) is 1.63. The van der Waals surface area contributed by atoms with Crippen LogP contribution < -0.4 is 5.32 Å². The van der Waals surface area contributed by atoms with Crippen LogP contribution in [0.15, 0.2) is 65.8 Å². The first-order chi connectivity index (χ1) is 13.1. The molecule has 0 aliphatic heterocycles. The molecule has 0 aliphatic rings. The monoisotopic (exact) mass is 380 g/mol. The van der Waals surface area contributed by atoms with Gasteiger partial charge in [-0.3, -0.25) is 9.36 Å². The summed E-state index contributed by atoms with van der Waals surface area (Å²) in [4.78, 5) is 12.1. The molecule has 6 heteroatoms. The molecule has 3 aromatic rings. The quantitative estimate of drug-likeness (QED) is 0.605. The Balaban J connectivity index is 1.80. The molecule has 0 atom stereocenters. The van der Waals surface area contributed by atoms with E-state index in [2.05, 4.69) is 41.5 Å². The van der Waals surface area contributed by atoms with Gasteiger partial charge in [0.1, 0.15) is 5.82 Å². The molecule has 27 heavy (non-hydrogen) atoms. The molecule has 1 heterocycles. The molecule has 1 aromatic heterocycles. The SMILES string of the molecule is CC(C)CNC(=O)CSc1nnc(Cc2ccccc2)n1-c1ccccc1. The van der Waals surface area contributed by atoms with Crippen molar-refractivity contribution in [2.45, 2.75) is 25.4 Å². The van der Waals surface area contributed by atoms with Crippen LogP contribution in [0.25, 0.3) is 5.69 Å². The van der Waals surface area contributed by atoms with Crippen molar-refractivity contribution in [2.75, 3.05) is 12.3 Å². The normalized spacial score (nSPS) is 10.9. The van der Waals surface area contributed by atoms with Crippen LogP contribution in [0.2, 0.25) is 0 Å². The van der Waals surface area contributed by atoms with Crippen LogP contribution in [0.4, 0.5) is 0 Å². The molecule has 0 radical (unpaired) electrons. The lowest BCUT2D eigenvalue weighted by Crippen LogP contribution is -2.28. The smallest absolute Gasteiger partial charge is 0.230 e. The van der Waals surface area contributed by atoms with Gasteiger partial charge in [0.25, 0.3) is 0 Å². The van der Waals surface area contributed by atoms with Crippen LogP contribution in [0.1, 0.15) is 25.2 Å². The number of thioether (sulfide) groups is 1. The highest BCUT2D eigenvalue weighted by Gasteiger charge is 2.16. The van der Waals surface area contributed by atoms with Crippen molar-refractivity contribution in [2.24, 2.45) is 5.92 Å². The van der Waals surface area contributed by atoms with Gasteiger partial charge in [-0.2, -0.15) is 0 Å². The second-order valence-corrected chi connectivity index (χ2v) is 7.66. The van der Waals surface area contributed by atoms with Gasteiger partial charge in [0, 0.05) is 18.7 Å². The van der Waals surface area contributed by atoms with Crippen molar-refractivity contribution >= 4 is 17.7 Å². The van der Waals surface area contributed by atoms with Crippen LogP contribution >= 0.6 is 11.8 Å². The molecule has 0 saturated carbocycles. The third kappa shape index (κ3) is 5.44. The zero-order valence-electron chi connectivity index (χ0n) is 15.6. The van der Waals surface area contributed by atoms with Crippen LogP contribution in [-0.2, 0) is 11.2 Å². The minimum atomic E-state index is 0.0147. The molecule has 5 nitrogen and oxygen atoms in total. The van der Waals surface area contributed by atoms with E-state index in [0.29, 0.717) is 24.6 Å². The minimum absolute atomic E-state index is 0.0147. The zero-order valence-corrected chi connectivity index (χ0v) is 16.4. The fourth-order valence-electron chi connectivity index (χ4n) is 2.62. The number of rotatable bonds is 8. The van der Waals surface area contributed by atoms with E-state index < -0.39 is 0 Å². The van der Waals surface area contributed by atoms with E-state index in [1.165, 1.54) is 17.3 Å². The summed E-state index contributed by atoms with van der Waals surface area (Å²) in [7, 11) is 0. The molecule has 3 rings (SSSR count). The molecule has 0 saturated heterocycles. The van der Waals surface area contributed by atoms with E-state index in [1.54, 1.807) is 0 Å². The number of aromatic nitrogens is 3. The van der Waals surface area contributed by atoms with Crippen LogP contribution in [0, 0.1) is 5.92 Å². The van der Waals surface area contributed by atoms with Crippen LogP contribution in [0.5, 0.6) is 0 Å². The highest BCUT2D eigenvalue weighted by molar-refractivity contribution is 7.99. The average Bonchev–Trinajstić information content (AvgIpc) is 3.08. The summed E-state index contributed by atoms with van der Waals surface area (Å²) < 4.78 is 2.04. The van der Waals surface area contributed by atoms with Gasteiger partial charge in [-0.15, -0.1) is 10.2 Å². The van der Waals surface area contributed by atoms with Crippen LogP contribution in [0.3, 0.4) is 0 Å². The largest absolute Gasteiger partial charge is 0.355 e. The van der Waals surface area contributed by atoms with E-state index >= 15 is 0 Å². The molecule has 1 N–H and O–H groups in total. The lowest BCUT2D eigenvalue weighted by Gasteiger charge is -2.11. The third-order valence-electron chi connectivity index (χ3n) is 3.96. The fourth-order valence-corrected chi connectivity index (χ4v) is 3.42. The Morgan fingerprint density at radius 2 is 1.70 bits per heavy atom. The number of benzene rings is 2. The summed E-state index contributed by atoms with van der Waals surface area (Å²) in [5.41, 5.74) is 2.17. The standard InChI is InChI=1S/C21H24N4OS/c1-16(2)14-22-20(26)15-27-21-24-23-19(13-17-9-5-3-6-10-17)25(21)18-11-7-4-8-12-18/h3-12,16H,13-15H2,1-2H3,(H,22,26). The summed E-state index contributed by atoms with van der Waals surface area (Å²) in [5, 5.41) is 12.4. The first-order valence-corrected chi connectivity index (χ1v) is 10.0.